The van der Waals surface area contributed by atoms with Crippen LogP contribution in [0.2, 0.25) is 5.02 Å². The molecule has 2 aromatic heterocycles. The third kappa shape index (κ3) is 5.59. The number of aryl methyl sites for hydroxylation is 2. The van der Waals surface area contributed by atoms with Crippen LogP contribution in [-0.4, -0.2) is 57.9 Å². The molecule has 3 heterocycles. The fourth-order valence-electron chi connectivity index (χ4n) is 4.01. The van der Waals surface area contributed by atoms with Crippen LogP contribution >= 0.6 is 23.5 Å². The van der Waals surface area contributed by atoms with E-state index >= 15 is 0 Å². The maximum Gasteiger partial charge on any atom is 0.243 e. The molecule has 1 saturated heterocycles. The van der Waals surface area contributed by atoms with Crippen LogP contribution in [0.3, 0.4) is 0 Å². The maximum atomic E-state index is 6.81. The zero-order chi connectivity index (χ0) is 25.1. The molecule has 0 atom stereocenters. The summed E-state index contributed by atoms with van der Waals surface area (Å²) in [4.78, 5) is 15.0. The largest absolute Gasteiger partial charge is 0.437 e. The third-order valence-electron chi connectivity index (χ3n) is 6.08. The van der Waals surface area contributed by atoms with Crippen molar-refractivity contribution in [2.24, 2.45) is 7.05 Å². The molecule has 1 N–H and O–H groups in total. The summed E-state index contributed by atoms with van der Waals surface area (Å²) in [6.07, 6.45) is 3.68. The summed E-state index contributed by atoms with van der Waals surface area (Å²) in [6.45, 7) is 6.17. The molecule has 0 amide bonds. The van der Waals surface area contributed by atoms with Crippen LogP contribution in [0, 0.1) is 6.92 Å². The second kappa shape index (κ2) is 10.8. The van der Waals surface area contributed by atoms with Crippen molar-refractivity contribution in [3.8, 4) is 22.9 Å². The van der Waals surface area contributed by atoms with Crippen molar-refractivity contribution in [1.82, 2.24) is 24.6 Å². The highest BCUT2D eigenvalue weighted by Crippen LogP contribution is 2.38. The van der Waals surface area contributed by atoms with E-state index in [9.17, 15) is 0 Å². The van der Waals surface area contributed by atoms with Gasteiger partial charge >= 0.3 is 0 Å². The second-order valence-electron chi connectivity index (χ2n) is 8.77. The van der Waals surface area contributed by atoms with E-state index in [2.05, 4.69) is 43.8 Å². The summed E-state index contributed by atoms with van der Waals surface area (Å²) in [7, 11) is 4.03. The summed E-state index contributed by atoms with van der Waals surface area (Å²) >= 11 is 8.19. The predicted molar refractivity (Wildman–Crippen MR) is 146 cm³/mol. The molecule has 0 spiro atoms. The lowest BCUT2D eigenvalue weighted by Crippen LogP contribution is -2.44. The Morgan fingerprint density at radius 3 is 2.42 bits per heavy atom. The quantitative estimate of drug-likeness (QED) is 0.319. The first-order valence-corrected chi connectivity index (χ1v) is 12.9. The highest BCUT2D eigenvalue weighted by molar-refractivity contribution is 8.00. The van der Waals surface area contributed by atoms with Gasteiger partial charge in [0.05, 0.1) is 16.8 Å². The fourth-order valence-corrected chi connectivity index (χ4v) is 4.84. The molecule has 0 aliphatic carbocycles. The first kappa shape index (κ1) is 24.4. The van der Waals surface area contributed by atoms with E-state index in [-0.39, 0.29) is 0 Å². The molecule has 1 aliphatic heterocycles. The minimum Gasteiger partial charge on any atom is -0.437 e. The number of nitrogens with zero attached hydrogens (tertiary/aromatic N) is 6. The van der Waals surface area contributed by atoms with Crippen molar-refractivity contribution in [2.75, 3.05) is 42.8 Å². The summed E-state index contributed by atoms with van der Waals surface area (Å²) < 4.78 is 11.1. The van der Waals surface area contributed by atoms with Gasteiger partial charge in [-0.3, -0.25) is 9.40 Å². The SMILES string of the molecule is Cc1ccccc1-c1nc(NSc2cnn(C)c2)nc(Oc2ccc(N3CCN(C)CC3)cc2)c1Cl. The molecule has 1 aliphatic rings. The Kier molecular flexibility index (Phi) is 7.31. The van der Waals surface area contributed by atoms with Gasteiger partial charge in [0.25, 0.3) is 0 Å². The van der Waals surface area contributed by atoms with Crippen molar-refractivity contribution >= 4 is 35.2 Å². The van der Waals surface area contributed by atoms with E-state index in [0.717, 1.165) is 42.2 Å². The molecule has 5 rings (SSSR count). The normalized spacial score (nSPS) is 14.2. The summed E-state index contributed by atoms with van der Waals surface area (Å²) in [5, 5.41) is 4.57. The van der Waals surface area contributed by atoms with Crippen molar-refractivity contribution in [3.63, 3.8) is 0 Å². The second-order valence-corrected chi connectivity index (χ2v) is 10.0. The van der Waals surface area contributed by atoms with Crippen molar-refractivity contribution in [1.29, 1.82) is 0 Å². The number of rotatable bonds is 7. The lowest BCUT2D eigenvalue weighted by atomic mass is 10.1. The van der Waals surface area contributed by atoms with Gasteiger partial charge in [0.15, 0.2) is 0 Å². The number of piperazine rings is 1. The molecule has 1 fully saturated rings. The van der Waals surface area contributed by atoms with Crippen molar-refractivity contribution in [2.45, 2.75) is 11.8 Å². The van der Waals surface area contributed by atoms with Crippen LogP contribution in [-0.2, 0) is 7.05 Å². The van der Waals surface area contributed by atoms with Gasteiger partial charge in [0.2, 0.25) is 11.8 Å². The van der Waals surface area contributed by atoms with Gasteiger partial charge in [0.1, 0.15) is 10.8 Å². The first-order chi connectivity index (χ1) is 17.5. The first-order valence-electron chi connectivity index (χ1n) is 11.7. The molecule has 8 nitrogen and oxygen atoms in total. The number of hydrogen-bond acceptors (Lipinski definition) is 8. The number of halogens is 1. The number of benzene rings is 2. The van der Waals surface area contributed by atoms with Crippen molar-refractivity contribution in [3.05, 3.63) is 71.5 Å². The van der Waals surface area contributed by atoms with Gasteiger partial charge in [0, 0.05) is 50.7 Å². The highest BCUT2D eigenvalue weighted by Gasteiger charge is 2.19. The smallest absolute Gasteiger partial charge is 0.243 e. The van der Waals surface area contributed by atoms with Gasteiger partial charge in [-0.2, -0.15) is 10.1 Å². The zero-order valence-electron chi connectivity index (χ0n) is 20.5. The minimum atomic E-state index is 0.298. The molecular weight excluding hydrogens is 494 g/mol. The predicted octanol–water partition coefficient (Wildman–Crippen LogP) is 5.50. The minimum absolute atomic E-state index is 0.298. The Hall–Kier alpha value is -3.27. The number of ether oxygens (including phenoxy) is 1. The van der Waals surface area contributed by atoms with Crippen LogP contribution in [0.25, 0.3) is 11.3 Å². The van der Waals surface area contributed by atoms with Gasteiger partial charge < -0.3 is 14.5 Å². The van der Waals surface area contributed by atoms with Crippen LogP contribution < -0.4 is 14.4 Å². The Balaban J connectivity index is 1.42. The maximum absolute atomic E-state index is 6.81. The Morgan fingerprint density at radius 1 is 0.972 bits per heavy atom. The van der Waals surface area contributed by atoms with Crippen LogP contribution in [0.4, 0.5) is 11.6 Å². The average Bonchev–Trinajstić information content (AvgIpc) is 3.31. The van der Waals surface area contributed by atoms with Crippen LogP contribution in [0.1, 0.15) is 5.56 Å². The van der Waals surface area contributed by atoms with E-state index in [1.165, 1.54) is 17.6 Å². The molecule has 0 unspecified atom stereocenters. The third-order valence-corrected chi connectivity index (χ3v) is 7.15. The van der Waals surface area contributed by atoms with Crippen LogP contribution in [0.5, 0.6) is 11.6 Å². The van der Waals surface area contributed by atoms with E-state index in [1.54, 1.807) is 10.9 Å². The van der Waals surface area contributed by atoms with E-state index in [0.29, 0.717) is 28.3 Å². The molecule has 0 bridgehead atoms. The lowest BCUT2D eigenvalue weighted by Gasteiger charge is -2.34. The monoisotopic (exact) mass is 521 g/mol. The van der Waals surface area contributed by atoms with E-state index in [1.807, 2.05) is 56.6 Å². The molecule has 4 aromatic rings. The van der Waals surface area contributed by atoms with Gasteiger partial charge in [-0.05, 0) is 55.7 Å². The standard InChI is InChI=1S/C26H28ClN7OS/c1-18-6-4-5-7-22(18)24-23(27)25(30-26(29-24)31-36-21-16-28-33(3)17-21)35-20-10-8-19(9-11-20)34-14-12-32(2)13-15-34/h4-11,16-17H,12-15H2,1-3H3,(H,29,30,31). The average molecular weight is 522 g/mol. The highest BCUT2D eigenvalue weighted by atomic mass is 35.5. The van der Waals surface area contributed by atoms with Gasteiger partial charge in [-0.15, -0.1) is 0 Å². The molecule has 0 saturated carbocycles. The molecule has 0 radical (unpaired) electrons. The molecule has 2 aromatic carbocycles. The van der Waals surface area contributed by atoms with Gasteiger partial charge in [-0.1, -0.05) is 35.9 Å². The molecular formula is C26H28ClN7OS. The number of likely N-dealkylation sites (N-methyl/N-ethyl adjacent to an activating group) is 1. The lowest BCUT2D eigenvalue weighted by molar-refractivity contribution is 0.313. The molecule has 186 valence electrons. The van der Waals surface area contributed by atoms with Crippen LogP contribution in [0.15, 0.2) is 65.8 Å². The zero-order valence-corrected chi connectivity index (χ0v) is 22.1. The van der Waals surface area contributed by atoms with Crippen molar-refractivity contribution < 1.29 is 4.74 Å². The van der Waals surface area contributed by atoms with E-state index < -0.39 is 0 Å². The topological polar surface area (TPSA) is 71.3 Å². The fraction of sp³-hybridized carbons (Fsp3) is 0.269. The Labute approximate surface area is 220 Å². The Morgan fingerprint density at radius 2 is 1.72 bits per heavy atom. The summed E-state index contributed by atoms with van der Waals surface area (Å²) in [5.74, 6) is 1.36. The molecule has 10 heteroatoms. The molecule has 36 heavy (non-hydrogen) atoms. The summed E-state index contributed by atoms with van der Waals surface area (Å²) in [6, 6.07) is 16.1. The number of hydrogen-bond donors (Lipinski definition) is 1. The van der Waals surface area contributed by atoms with Gasteiger partial charge in [-0.25, -0.2) is 4.98 Å². The van der Waals surface area contributed by atoms with E-state index in [4.69, 9.17) is 21.3 Å². The number of anilines is 2. The summed E-state index contributed by atoms with van der Waals surface area (Å²) in [5.41, 5.74) is 3.78. The number of aromatic nitrogens is 4. The number of nitrogens with one attached hydrogen (secondary N) is 1. The Bertz CT molecular complexity index is 1340.